The Labute approximate surface area is 231 Å². The molecule has 1 aliphatic heterocycles. The number of nitrogens with zero attached hydrogens (tertiary/aromatic N) is 1. The molecule has 0 atom stereocenters. The van der Waals surface area contributed by atoms with Crippen LogP contribution in [-0.2, 0) is 21.6 Å². The van der Waals surface area contributed by atoms with Gasteiger partial charge in [0.1, 0.15) is 12.4 Å². The zero-order valence-corrected chi connectivity index (χ0v) is 23.0. The molecule has 38 heavy (non-hydrogen) atoms. The van der Waals surface area contributed by atoms with Crippen LogP contribution in [0.15, 0.2) is 91.5 Å². The van der Waals surface area contributed by atoms with Crippen molar-refractivity contribution in [2.24, 2.45) is 5.73 Å². The lowest BCUT2D eigenvalue weighted by Crippen LogP contribution is -2.61. The molecule has 200 valence electrons. The van der Waals surface area contributed by atoms with E-state index < -0.39 is 5.41 Å². The lowest BCUT2D eigenvalue weighted by atomic mass is 9.69. The van der Waals surface area contributed by atoms with Crippen LogP contribution in [0.25, 0.3) is 0 Å². The van der Waals surface area contributed by atoms with Gasteiger partial charge < -0.3 is 15.2 Å². The van der Waals surface area contributed by atoms with E-state index >= 15 is 0 Å². The topological polar surface area (TPSA) is 64.8 Å². The maximum atomic E-state index is 13.1. The number of primary amides is 1. The predicted octanol–water partition coefficient (Wildman–Crippen LogP) is 6.14. The minimum absolute atomic E-state index is 0.126. The van der Waals surface area contributed by atoms with Crippen molar-refractivity contribution in [1.82, 2.24) is 4.90 Å². The van der Waals surface area contributed by atoms with Gasteiger partial charge in [-0.3, -0.25) is 9.69 Å². The molecule has 1 saturated heterocycles. The van der Waals surface area contributed by atoms with Crippen molar-refractivity contribution < 1.29 is 14.3 Å². The Morgan fingerprint density at radius 2 is 1.63 bits per heavy atom. The average Bonchev–Trinajstić information content (AvgIpc) is 2.88. The summed E-state index contributed by atoms with van der Waals surface area (Å²) in [6.07, 6.45) is 3.24. The van der Waals surface area contributed by atoms with Gasteiger partial charge in [0.25, 0.3) is 0 Å². The molecular weight excluding hydrogens is 496 g/mol. The largest absolute Gasteiger partial charge is 0.489 e. The second kappa shape index (κ2) is 12.2. The third-order valence-electron chi connectivity index (χ3n) is 7.63. The standard InChI is InChI=1S/C32H37ClN2O3/c1-4-19-37-29-20-27(33)16-15-24(29)23-38-28-21-35(22-28)31(2,3)17-18-32(30(34)36,25-11-7-5-8-12-25)26-13-9-6-10-14-26/h4-16,20,28H,1,17-19,21-23H2,2-3H3,(H2,34,36). The van der Waals surface area contributed by atoms with E-state index in [1.54, 1.807) is 6.08 Å². The fourth-order valence-corrected chi connectivity index (χ4v) is 5.30. The predicted molar refractivity (Wildman–Crippen MR) is 153 cm³/mol. The number of amides is 1. The van der Waals surface area contributed by atoms with Gasteiger partial charge in [-0.2, -0.15) is 0 Å². The summed E-state index contributed by atoms with van der Waals surface area (Å²) < 4.78 is 12.0. The number of ether oxygens (including phenoxy) is 2. The summed E-state index contributed by atoms with van der Waals surface area (Å²) in [6, 6.07) is 25.4. The second-order valence-electron chi connectivity index (χ2n) is 10.5. The molecule has 0 radical (unpaired) electrons. The Kier molecular flexibility index (Phi) is 8.93. The van der Waals surface area contributed by atoms with Crippen LogP contribution >= 0.6 is 11.6 Å². The summed E-state index contributed by atoms with van der Waals surface area (Å²) in [6.45, 7) is 10.7. The van der Waals surface area contributed by atoms with Crippen LogP contribution in [0.5, 0.6) is 5.75 Å². The monoisotopic (exact) mass is 532 g/mol. The van der Waals surface area contributed by atoms with Crippen LogP contribution < -0.4 is 10.5 Å². The highest BCUT2D eigenvalue weighted by molar-refractivity contribution is 6.30. The number of likely N-dealkylation sites (tertiary alicyclic amines) is 1. The number of hydrogen-bond acceptors (Lipinski definition) is 4. The molecule has 0 unspecified atom stereocenters. The van der Waals surface area contributed by atoms with Crippen LogP contribution in [-0.4, -0.2) is 42.1 Å². The van der Waals surface area contributed by atoms with E-state index in [1.807, 2.05) is 78.9 Å². The van der Waals surface area contributed by atoms with Gasteiger partial charge in [-0.15, -0.1) is 0 Å². The van der Waals surface area contributed by atoms with E-state index in [4.69, 9.17) is 26.8 Å². The maximum Gasteiger partial charge on any atom is 0.232 e. The van der Waals surface area contributed by atoms with Crippen molar-refractivity contribution in [2.45, 2.75) is 50.4 Å². The normalized spacial score (nSPS) is 14.6. The molecule has 6 heteroatoms. The van der Waals surface area contributed by atoms with Gasteiger partial charge in [0.05, 0.1) is 18.1 Å². The van der Waals surface area contributed by atoms with Gasteiger partial charge in [-0.25, -0.2) is 0 Å². The lowest BCUT2D eigenvalue weighted by molar-refractivity contribution is -0.123. The molecule has 0 saturated carbocycles. The highest BCUT2D eigenvalue weighted by Gasteiger charge is 2.44. The van der Waals surface area contributed by atoms with Crippen LogP contribution in [0, 0.1) is 0 Å². The molecule has 1 heterocycles. The molecule has 4 rings (SSSR count). The number of benzene rings is 3. The van der Waals surface area contributed by atoms with Gasteiger partial charge in [0.2, 0.25) is 5.91 Å². The van der Waals surface area contributed by atoms with Gasteiger partial charge in [-0.1, -0.05) is 91.0 Å². The average molecular weight is 533 g/mol. The Morgan fingerprint density at radius 3 is 2.18 bits per heavy atom. The van der Waals surface area contributed by atoms with Gasteiger partial charge >= 0.3 is 0 Å². The summed E-state index contributed by atoms with van der Waals surface area (Å²) in [4.78, 5) is 15.6. The molecule has 3 aromatic carbocycles. The highest BCUT2D eigenvalue weighted by Crippen LogP contribution is 2.40. The van der Waals surface area contributed by atoms with Crippen LogP contribution in [0.3, 0.4) is 0 Å². The lowest BCUT2D eigenvalue weighted by Gasteiger charge is -2.50. The highest BCUT2D eigenvalue weighted by atomic mass is 35.5. The van der Waals surface area contributed by atoms with E-state index in [1.165, 1.54) is 0 Å². The van der Waals surface area contributed by atoms with Crippen molar-refractivity contribution in [3.8, 4) is 5.75 Å². The number of nitrogens with two attached hydrogens (primary N) is 1. The Bertz CT molecular complexity index is 1180. The number of hydrogen-bond donors (Lipinski definition) is 1. The first-order valence-corrected chi connectivity index (χ1v) is 13.4. The first kappa shape index (κ1) is 27.9. The van der Waals surface area contributed by atoms with E-state index in [0.29, 0.717) is 24.7 Å². The molecule has 0 aliphatic carbocycles. The molecule has 1 fully saturated rings. The van der Waals surface area contributed by atoms with E-state index in [2.05, 4.69) is 25.3 Å². The zero-order chi connectivity index (χ0) is 27.2. The van der Waals surface area contributed by atoms with E-state index in [9.17, 15) is 4.79 Å². The summed E-state index contributed by atoms with van der Waals surface area (Å²) in [5, 5.41) is 0.627. The Morgan fingerprint density at radius 1 is 1.03 bits per heavy atom. The second-order valence-corrected chi connectivity index (χ2v) is 10.9. The maximum absolute atomic E-state index is 13.1. The molecule has 5 nitrogen and oxygen atoms in total. The minimum atomic E-state index is -0.892. The fourth-order valence-electron chi connectivity index (χ4n) is 5.14. The summed E-state index contributed by atoms with van der Waals surface area (Å²) in [5.41, 5.74) is 7.95. The van der Waals surface area contributed by atoms with Crippen molar-refractivity contribution in [3.05, 3.63) is 113 Å². The Hall–Kier alpha value is -3.12. The summed E-state index contributed by atoms with van der Waals surface area (Å²) in [7, 11) is 0. The van der Waals surface area contributed by atoms with Crippen molar-refractivity contribution >= 4 is 17.5 Å². The molecule has 0 bridgehead atoms. The number of halogens is 1. The summed E-state index contributed by atoms with van der Waals surface area (Å²) >= 11 is 6.14. The third-order valence-corrected chi connectivity index (χ3v) is 7.87. The fraction of sp³-hybridized carbons (Fsp3) is 0.344. The van der Waals surface area contributed by atoms with Crippen LogP contribution in [0.4, 0.5) is 0 Å². The van der Waals surface area contributed by atoms with E-state index in [0.717, 1.165) is 42.0 Å². The molecule has 1 amide bonds. The molecule has 0 aromatic heterocycles. The van der Waals surface area contributed by atoms with Gasteiger partial charge in [0.15, 0.2) is 0 Å². The molecule has 2 N–H and O–H groups in total. The number of carbonyl (C=O) groups excluding carboxylic acids is 1. The van der Waals surface area contributed by atoms with Crippen molar-refractivity contribution in [3.63, 3.8) is 0 Å². The first-order valence-electron chi connectivity index (χ1n) is 13.1. The minimum Gasteiger partial charge on any atom is -0.489 e. The Balaban J connectivity index is 1.41. The van der Waals surface area contributed by atoms with Gasteiger partial charge in [-0.05, 0) is 49.9 Å². The smallest absolute Gasteiger partial charge is 0.232 e. The van der Waals surface area contributed by atoms with Crippen molar-refractivity contribution in [2.75, 3.05) is 19.7 Å². The number of rotatable bonds is 13. The summed E-state index contributed by atoms with van der Waals surface area (Å²) in [5.74, 6) is 0.395. The van der Waals surface area contributed by atoms with Crippen LogP contribution in [0.2, 0.25) is 5.02 Å². The number of carbonyl (C=O) groups is 1. The van der Waals surface area contributed by atoms with Crippen molar-refractivity contribution in [1.29, 1.82) is 0 Å². The van der Waals surface area contributed by atoms with Crippen LogP contribution in [0.1, 0.15) is 43.4 Å². The quantitative estimate of drug-likeness (QED) is 0.269. The molecule has 3 aromatic rings. The first-order chi connectivity index (χ1) is 18.3. The SMILES string of the molecule is C=CCOc1cc(Cl)ccc1COC1CN(C(C)(C)CCC(C(N)=O)(c2ccccc2)c2ccccc2)C1. The zero-order valence-electron chi connectivity index (χ0n) is 22.2. The van der Waals surface area contributed by atoms with E-state index in [-0.39, 0.29) is 17.6 Å². The van der Waals surface area contributed by atoms with Gasteiger partial charge in [0, 0.05) is 29.2 Å². The molecule has 1 aliphatic rings. The molecule has 0 spiro atoms. The third kappa shape index (κ3) is 6.12. The molecular formula is C32H37ClN2O3.